The number of carbonyl (C=O) groups excluding carboxylic acids is 1. The van der Waals surface area contributed by atoms with Crippen molar-refractivity contribution in [2.24, 2.45) is 0 Å². The zero-order valence-electron chi connectivity index (χ0n) is 21.8. The predicted molar refractivity (Wildman–Crippen MR) is 154 cm³/mol. The van der Waals surface area contributed by atoms with Crippen LogP contribution in [0.4, 0.5) is 0 Å². The molecule has 0 spiro atoms. The van der Waals surface area contributed by atoms with Crippen molar-refractivity contribution in [3.63, 3.8) is 0 Å². The third kappa shape index (κ3) is 14.8. The molecule has 0 fully saturated rings. The maximum Gasteiger partial charge on any atom is 0 e. The Morgan fingerprint density at radius 1 is 0.700 bits per heavy atom. The van der Waals surface area contributed by atoms with E-state index in [2.05, 4.69) is 104 Å². The molecular formula is C33H29FeO5P. The van der Waals surface area contributed by atoms with Crippen molar-refractivity contribution in [3.05, 3.63) is 160 Å². The van der Waals surface area contributed by atoms with Crippen LogP contribution in [-0.4, -0.2) is 17.2 Å². The molecule has 0 aliphatic heterocycles. The van der Waals surface area contributed by atoms with Gasteiger partial charge in [-0.25, -0.2) is 0 Å². The van der Waals surface area contributed by atoms with E-state index in [0.717, 1.165) is 0 Å². The molecule has 1 unspecified atom stereocenters. The second-order valence-electron chi connectivity index (χ2n) is 7.56. The van der Waals surface area contributed by atoms with Crippen LogP contribution in [0.2, 0.25) is 0 Å². The van der Waals surface area contributed by atoms with Crippen LogP contribution in [0.5, 0.6) is 5.75 Å². The van der Waals surface area contributed by atoms with Crippen LogP contribution < -0.4 is 20.7 Å². The van der Waals surface area contributed by atoms with E-state index >= 15 is 0 Å². The van der Waals surface area contributed by atoms with Crippen LogP contribution in [0.1, 0.15) is 6.92 Å². The fraction of sp³-hybridized carbons (Fsp3) is 0.0606. The summed E-state index contributed by atoms with van der Waals surface area (Å²) >= 11 is 0. The average Bonchev–Trinajstić information content (AvgIpc) is 3.00. The van der Waals surface area contributed by atoms with E-state index in [9.17, 15) is 4.79 Å². The zero-order chi connectivity index (χ0) is 28.7. The summed E-state index contributed by atoms with van der Waals surface area (Å²) in [7, 11) is -0.446. The van der Waals surface area contributed by atoms with Gasteiger partial charge in [0.25, 0.3) is 0 Å². The second kappa shape index (κ2) is 23.6. The van der Waals surface area contributed by atoms with Crippen molar-refractivity contribution in [1.82, 2.24) is 0 Å². The van der Waals surface area contributed by atoms with Gasteiger partial charge in [0, 0.05) is 17.1 Å². The molecule has 0 amide bonds. The summed E-state index contributed by atoms with van der Waals surface area (Å²) in [6, 6.07) is 41.2. The number of para-hydroxylation sites is 1. The molecule has 4 aromatic carbocycles. The van der Waals surface area contributed by atoms with Gasteiger partial charge in [-0.3, -0.25) is 4.79 Å². The quantitative estimate of drug-likeness (QED) is 0.0555. The Morgan fingerprint density at radius 2 is 1.05 bits per heavy atom. The van der Waals surface area contributed by atoms with E-state index in [4.69, 9.17) is 19.1 Å². The Hall–Kier alpha value is -3.26. The van der Waals surface area contributed by atoms with Crippen molar-refractivity contribution in [3.8, 4) is 5.75 Å². The van der Waals surface area contributed by atoms with Crippen LogP contribution in [0, 0.1) is 39.0 Å². The summed E-state index contributed by atoms with van der Waals surface area (Å²) in [5, 5.41) is 13.1. The number of unbranched alkanes of at least 4 members (excludes halogenated alkanes) is 1. The molecular weight excluding hydrogens is 563 g/mol. The molecule has 1 atom stereocenters. The van der Waals surface area contributed by atoms with E-state index in [1.807, 2.05) is 6.07 Å². The van der Waals surface area contributed by atoms with E-state index in [-0.39, 0.29) is 17.1 Å². The predicted octanol–water partition coefficient (Wildman–Crippen LogP) is 5.16. The number of carbonyl (C=O) groups is 1. The molecule has 40 heavy (non-hydrogen) atoms. The van der Waals surface area contributed by atoms with Crippen molar-refractivity contribution >= 4 is 29.8 Å². The molecule has 7 heteroatoms. The maximum atomic E-state index is 11.3. The molecule has 0 aromatic heterocycles. The van der Waals surface area contributed by atoms with Gasteiger partial charge >= 0.3 is 28.6 Å². The van der Waals surface area contributed by atoms with Crippen LogP contribution in [0.3, 0.4) is 0 Å². The molecule has 204 valence electrons. The van der Waals surface area contributed by atoms with Gasteiger partial charge in [0.1, 0.15) is 5.75 Å². The Bertz CT molecular complexity index is 1100. The third-order valence-corrected chi connectivity index (χ3v) is 7.18. The molecule has 0 saturated heterocycles. The van der Waals surface area contributed by atoms with E-state index in [1.54, 1.807) is 44.0 Å². The molecule has 0 aliphatic carbocycles. The number of ether oxygens (including phenoxy) is 1. The fourth-order valence-electron chi connectivity index (χ4n) is 3.18. The first-order valence-corrected chi connectivity index (χ1v) is 13.1. The van der Waals surface area contributed by atoms with Gasteiger partial charge in [0.05, 0.1) is 12.5 Å². The summed E-state index contributed by atoms with van der Waals surface area (Å²) in [5.74, 6) is 0.0677. The maximum absolute atomic E-state index is 11.3. The number of hydrogen-bond acceptors (Lipinski definition) is 3. The Kier molecular flexibility index (Phi) is 21.7. The molecule has 4 aromatic rings. The summed E-state index contributed by atoms with van der Waals surface area (Å²) < 4.78 is 20.0. The topological polar surface area (TPSA) is 86.3 Å². The SMILES string of the molecule is CC(O)[CH][CH][CH][CH]C(=O)Oc1ccccc1.[C-]#[O+].[C-]#[O+].[Fe].c1ccc(P(c2ccccc2)c2ccccc2)cc1. The minimum Gasteiger partial charge on any atom is -0.0622 e. The van der Waals surface area contributed by atoms with Crippen molar-refractivity contribution in [2.75, 3.05) is 0 Å². The molecule has 4 radical (unpaired) electrons. The number of rotatable bonds is 9. The molecule has 0 bridgehead atoms. The number of hydrogen-bond donors (Lipinski definition) is 1. The smallest absolute Gasteiger partial charge is 0 e. The first-order chi connectivity index (χ1) is 19.1. The third-order valence-electron chi connectivity index (χ3n) is 4.74. The molecule has 5 nitrogen and oxygen atoms in total. The van der Waals surface area contributed by atoms with Gasteiger partial charge in [-0.2, -0.15) is 0 Å². The number of aliphatic hydroxyl groups excluding tert-OH is 1. The van der Waals surface area contributed by atoms with Gasteiger partial charge in [0.2, 0.25) is 0 Å². The minimum atomic E-state index is -0.519. The van der Waals surface area contributed by atoms with Crippen LogP contribution in [0.15, 0.2) is 121 Å². The van der Waals surface area contributed by atoms with Gasteiger partial charge in [0.15, 0.2) is 0 Å². The van der Waals surface area contributed by atoms with Gasteiger partial charge < -0.3 is 9.84 Å². The fourth-order valence-corrected chi connectivity index (χ4v) is 5.48. The number of benzene rings is 4. The van der Waals surface area contributed by atoms with Gasteiger partial charge in [-0.15, -0.1) is 0 Å². The van der Waals surface area contributed by atoms with Crippen LogP contribution >= 0.6 is 7.92 Å². The molecule has 0 heterocycles. The van der Waals surface area contributed by atoms with E-state index in [0.29, 0.717) is 5.75 Å². The normalized spacial score (nSPS) is 9.97. The van der Waals surface area contributed by atoms with Crippen molar-refractivity contribution in [2.45, 2.75) is 13.0 Å². The van der Waals surface area contributed by atoms with Crippen molar-refractivity contribution in [1.29, 1.82) is 0 Å². The van der Waals surface area contributed by atoms with Gasteiger partial charge in [-0.1, -0.05) is 109 Å². The zero-order valence-corrected chi connectivity index (χ0v) is 23.8. The molecule has 0 saturated carbocycles. The number of esters is 1. The largest absolute Gasteiger partial charge is 0.0622 e. The molecule has 0 aliphatic rings. The van der Waals surface area contributed by atoms with Crippen molar-refractivity contribution < 1.29 is 41.0 Å². The average molecular weight is 592 g/mol. The Labute approximate surface area is 249 Å². The molecule has 1 N–H and O–H groups in total. The van der Waals surface area contributed by atoms with E-state index in [1.165, 1.54) is 28.8 Å². The van der Waals surface area contributed by atoms with Gasteiger partial charge in [-0.05, 0) is 62.2 Å². The Morgan fingerprint density at radius 3 is 1.40 bits per heavy atom. The summed E-state index contributed by atoms with van der Waals surface area (Å²) in [6.45, 7) is 10.6. The standard InChI is InChI=1S/C18H15P.C13H14O3.2CO.Fe/c1-4-10-16(11-5-1)19(17-12-6-2-7-13-17)18-14-8-3-9-15-18;1-11(14)7-5-6-10-13(15)16-12-8-3-2-4-9-12;2*1-2;/h1-15H;2-11,14H,1H3;;;. The first-order valence-electron chi connectivity index (χ1n) is 11.8. The minimum absolute atomic E-state index is 0. The van der Waals surface area contributed by atoms with Crippen LogP contribution in [0.25, 0.3) is 0 Å². The summed E-state index contributed by atoms with van der Waals surface area (Å²) in [5.41, 5.74) is 0. The first kappa shape index (κ1) is 36.7. The second-order valence-corrected chi connectivity index (χ2v) is 9.78. The summed E-state index contributed by atoms with van der Waals surface area (Å²) in [4.78, 5) is 11.3. The molecule has 4 rings (SSSR count). The Balaban J connectivity index is 0.000000671. The number of aliphatic hydroxyl groups is 1. The summed E-state index contributed by atoms with van der Waals surface area (Å²) in [6.07, 6.45) is 5.46. The monoisotopic (exact) mass is 592 g/mol. The van der Waals surface area contributed by atoms with Crippen LogP contribution in [-0.2, 0) is 31.2 Å². The van der Waals surface area contributed by atoms with E-state index < -0.39 is 20.0 Å².